The van der Waals surface area contributed by atoms with Crippen molar-refractivity contribution in [2.75, 3.05) is 19.0 Å². The number of aryl methyl sites for hydroxylation is 2. The molecule has 0 bridgehead atoms. The van der Waals surface area contributed by atoms with Crippen LogP contribution in [-0.4, -0.2) is 41.3 Å². The number of carbonyl (C=O) groups is 1. The fourth-order valence-electron chi connectivity index (χ4n) is 2.06. The molecule has 2 N–H and O–H groups in total. The molecule has 5 nitrogen and oxygen atoms in total. The van der Waals surface area contributed by atoms with Gasteiger partial charge in [0.2, 0.25) is 0 Å². The van der Waals surface area contributed by atoms with Crippen molar-refractivity contribution in [2.24, 2.45) is 0 Å². The molecule has 2 aromatic carbocycles. The van der Waals surface area contributed by atoms with Gasteiger partial charge in [0.25, 0.3) is 0 Å². The predicted octanol–water partition coefficient (Wildman–Crippen LogP) is 3.65. The Hall–Kier alpha value is -2.18. The Bertz CT molecular complexity index is 699. The van der Waals surface area contributed by atoms with Crippen LogP contribution in [0.5, 0.6) is 11.5 Å². The highest BCUT2D eigenvalue weighted by Crippen LogP contribution is 2.25. The maximum Gasteiger partial charge on any atom is 0.329 e. The van der Waals surface area contributed by atoms with Crippen molar-refractivity contribution < 1.29 is 24.5 Å². The van der Waals surface area contributed by atoms with Gasteiger partial charge >= 0.3 is 5.97 Å². The predicted molar refractivity (Wildman–Crippen MR) is 97.6 cm³/mol. The van der Waals surface area contributed by atoms with Crippen molar-refractivity contribution >= 4 is 17.7 Å². The van der Waals surface area contributed by atoms with Gasteiger partial charge in [0.05, 0.1) is 0 Å². The zero-order valence-corrected chi connectivity index (χ0v) is 15.1. The van der Waals surface area contributed by atoms with E-state index in [1.54, 1.807) is 6.07 Å². The molecule has 0 aliphatic carbocycles. The molecule has 0 aliphatic heterocycles. The lowest BCUT2D eigenvalue weighted by atomic mass is 10.2. The average Bonchev–Trinajstić information content (AvgIpc) is 2.58. The summed E-state index contributed by atoms with van der Waals surface area (Å²) >= 11 is 1.53. The lowest BCUT2D eigenvalue weighted by molar-refractivity contribution is -0.144. The number of phenols is 1. The van der Waals surface area contributed by atoms with Crippen molar-refractivity contribution in [3.05, 3.63) is 53.6 Å². The molecule has 0 saturated heterocycles. The minimum atomic E-state index is -1.01. The second kappa shape index (κ2) is 9.34. The van der Waals surface area contributed by atoms with Crippen LogP contribution in [0.2, 0.25) is 0 Å². The maximum absolute atomic E-state index is 10.8. The molecule has 0 spiro atoms. The number of aromatic hydroxyl groups is 1. The molecule has 134 valence electrons. The second-order valence-electron chi connectivity index (χ2n) is 5.71. The molecule has 25 heavy (non-hydrogen) atoms. The summed E-state index contributed by atoms with van der Waals surface area (Å²) in [5.74, 6) is 0.514. The first-order chi connectivity index (χ1) is 11.9. The van der Waals surface area contributed by atoms with E-state index in [-0.39, 0.29) is 25.1 Å². The zero-order chi connectivity index (χ0) is 18.2. The van der Waals surface area contributed by atoms with Gasteiger partial charge in [0.1, 0.15) is 30.8 Å². The van der Waals surface area contributed by atoms with E-state index in [2.05, 4.69) is 0 Å². The van der Waals surface area contributed by atoms with Crippen molar-refractivity contribution in [3.63, 3.8) is 0 Å². The van der Waals surface area contributed by atoms with Crippen LogP contribution in [0.3, 0.4) is 0 Å². The summed E-state index contributed by atoms with van der Waals surface area (Å²) in [6.45, 7) is 3.73. The Morgan fingerprint density at radius 1 is 1.16 bits per heavy atom. The molecule has 2 aromatic rings. The van der Waals surface area contributed by atoms with Crippen LogP contribution in [0.4, 0.5) is 0 Å². The molecule has 0 amide bonds. The lowest BCUT2D eigenvalue weighted by Gasteiger charge is -2.18. The Balaban J connectivity index is 1.92. The van der Waals surface area contributed by atoms with Crippen LogP contribution in [0.1, 0.15) is 11.1 Å². The number of carboxylic acids is 1. The topological polar surface area (TPSA) is 76.0 Å². The SMILES string of the molecule is Cc1ccc(OCC(CSc2ccc(O)c(C)c2)OCC(=O)O)cc1. The fraction of sp³-hybridized carbons (Fsp3) is 0.316. The van der Waals surface area contributed by atoms with E-state index in [1.807, 2.05) is 50.2 Å². The standard InChI is InChI=1S/C19H22O5S/c1-13-3-5-15(6-4-13)23-10-16(24-11-19(21)22)12-25-17-7-8-18(20)14(2)9-17/h3-9,16,20H,10-12H2,1-2H3,(H,21,22). The van der Waals surface area contributed by atoms with Gasteiger partial charge in [-0.05, 0) is 49.7 Å². The molecule has 0 saturated carbocycles. The first-order valence-electron chi connectivity index (χ1n) is 7.89. The fourth-order valence-corrected chi connectivity index (χ4v) is 3.06. The molecule has 0 fully saturated rings. The number of thioether (sulfide) groups is 1. The largest absolute Gasteiger partial charge is 0.508 e. The molecule has 1 atom stereocenters. The third kappa shape index (κ3) is 6.68. The zero-order valence-electron chi connectivity index (χ0n) is 14.3. The summed E-state index contributed by atoms with van der Waals surface area (Å²) in [7, 11) is 0. The van der Waals surface area contributed by atoms with Gasteiger partial charge < -0.3 is 19.7 Å². The molecular weight excluding hydrogens is 340 g/mol. The molecule has 1 unspecified atom stereocenters. The van der Waals surface area contributed by atoms with Gasteiger partial charge in [0.15, 0.2) is 0 Å². The monoisotopic (exact) mass is 362 g/mol. The van der Waals surface area contributed by atoms with Crippen molar-refractivity contribution in [3.8, 4) is 11.5 Å². The van der Waals surface area contributed by atoms with Gasteiger partial charge in [-0.2, -0.15) is 0 Å². The van der Waals surface area contributed by atoms with Gasteiger partial charge in [-0.3, -0.25) is 0 Å². The quantitative estimate of drug-likeness (QED) is 0.663. The minimum Gasteiger partial charge on any atom is -0.508 e. The Labute approximate surface area is 151 Å². The number of phenolic OH excluding ortho intramolecular Hbond substituents is 1. The van der Waals surface area contributed by atoms with Crippen LogP contribution in [0, 0.1) is 13.8 Å². The minimum absolute atomic E-state index is 0.255. The molecule has 2 rings (SSSR count). The summed E-state index contributed by atoms with van der Waals surface area (Å²) in [4.78, 5) is 11.8. The van der Waals surface area contributed by atoms with Gasteiger partial charge in [-0.25, -0.2) is 4.79 Å². The summed E-state index contributed by atoms with van der Waals surface area (Å²) in [6, 6.07) is 13.0. The molecule has 0 aliphatic rings. The third-order valence-corrected chi connectivity index (χ3v) is 4.63. The molecule has 0 aromatic heterocycles. The van der Waals surface area contributed by atoms with E-state index >= 15 is 0 Å². The van der Waals surface area contributed by atoms with Crippen LogP contribution in [0.15, 0.2) is 47.4 Å². The number of hydrogen-bond acceptors (Lipinski definition) is 5. The Kier molecular flexibility index (Phi) is 7.16. The number of ether oxygens (including phenoxy) is 2. The molecule has 6 heteroatoms. The van der Waals surface area contributed by atoms with E-state index in [1.165, 1.54) is 11.8 Å². The highest BCUT2D eigenvalue weighted by Gasteiger charge is 2.14. The molecule has 0 radical (unpaired) electrons. The third-order valence-electron chi connectivity index (χ3n) is 3.50. The van der Waals surface area contributed by atoms with Crippen LogP contribution in [-0.2, 0) is 9.53 Å². The number of carboxylic acid groups (broad SMARTS) is 1. The van der Waals surface area contributed by atoms with Crippen molar-refractivity contribution in [2.45, 2.75) is 24.8 Å². The van der Waals surface area contributed by atoms with E-state index in [0.717, 1.165) is 21.8 Å². The summed E-state index contributed by atoms with van der Waals surface area (Å²) < 4.78 is 11.1. The average molecular weight is 362 g/mol. The van der Waals surface area contributed by atoms with Gasteiger partial charge in [-0.15, -0.1) is 11.8 Å². The van der Waals surface area contributed by atoms with Crippen molar-refractivity contribution in [1.82, 2.24) is 0 Å². The van der Waals surface area contributed by atoms with E-state index in [9.17, 15) is 9.90 Å². The summed E-state index contributed by atoms with van der Waals surface area (Å²) in [5.41, 5.74) is 1.94. The molecular formula is C19H22O5S. The number of aliphatic carboxylic acids is 1. The summed E-state index contributed by atoms with van der Waals surface area (Å²) in [5, 5.41) is 18.4. The van der Waals surface area contributed by atoms with E-state index in [0.29, 0.717) is 5.75 Å². The first-order valence-corrected chi connectivity index (χ1v) is 8.88. The van der Waals surface area contributed by atoms with Gasteiger partial charge in [0, 0.05) is 10.6 Å². The number of benzene rings is 2. The van der Waals surface area contributed by atoms with Gasteiger partial charge in [-0.1, -0.05) is 17.7 Å². The highest BCUT2D eigenvalue weighted by molar-refractivity contribution is 7.99. The normalized spacial score (nSPS) is 11.9. The Morgan fingerprint density at radius 2 is 1.88 bits per heavy atom. The van der Waals surface area contributed by atoms with Crippen LogP contribution >= 0.6 is 11.8 Å². The molecule has 0 heterocycles. The number of rotatable bonds is 9. The lowest BCUT2D eigenvalue weighted by Crippen LogP contribution is -2.27. The second-order valence-corrected chi connectivity index (χ2v) is 6.80. The smallest absolute Gasteiger partial charge is 0.329 e. The van der Waals surface area contributed by atoms with E-state index < -0.39 is 5.97 Å². The van der Waals surface area contributed by atoms with Crippen molar-refractivity contribution in [1.29, 1.82) is 0 Å². The van der Waals surface area contributed by atoms with E-state index in [4.69, 9.17) is 14.6 Å². The highest BCUT2D eigenvalue weighted by atomic mass is 32.2. The van der Waals surface area contributed by atoms with Crippen LogP contribution in [0.25, 0.3) is 0 Å². The first kappa shape index (κ1) is 19.1. The van der Waals surface area contributed by atoms with Crippen LogP contribution < -0.4 is 4.74 Å². The number of hydrogen-bond donors (Lipinski definition) is 2. The maximum atomic E-state index is 10.8. The Morgan fingerprint density at radius 3 is 2.52 bits per heavy atom. The summed E-state index contributed by atoms with van der Waals surface area (Å²) in [6.07, 6.45) is -0.364.